The van der Waals surface area contributed by atoms with Crippen molar-refractivity contribution in [1.29, 1.82) is 0 Å². The molecule has 0 bridgehead atoms. The third kappa shape index (κ3) is 5.51. The standard InChI is InChI=1S/C28H28N2O5/c1-17(2)25(15-26(31)29-19-13-11-18(12-14-19)27(32)33)30-28(34)35-16-24-22-9-5-3-7-20(22)21-8-4-6-10-23(21)24/h3-14,17,24-25H,15-16H2,1-2H3,(H,29,31)(H,30,34)(H,32,33)/t25-/m1/s1. The highest BCUT2D eigenvalue weighted by Gasteiger charge is 2.29. The number of rotatable bonds is 8. The summed E-state index contributed by atoms with van der Waals surface area (Å²) in [6.07, 6.45) is -0.508. The van der Waals surface area contributed by atoms with E-state index >= 15 is 0 Å². The summed E-state index contributed by atoms with van der Waals surface area (Å²) in [5.74, 6) is -1.36. The molecule has 2 amide bonds. The van der Waals surface area contributed by atoms with Gasteiger partial charge in [0.05, 0.1) is 5.56 Å². The second-order valence-corrected chi connectivity index (χ2v) is 8.96. The zero-order valence-electron chi connectivity index (χ0n) is 19.7. The van der Waals surface area contributed by atoms with Crippen LogP contribution in [0.5, 0.6) is 0 Å². The molecule has 3 aromatic carbocycles. The molecule has 180 valence electrons. The van der Waals surface area contributed by atoms with E-state index in [1.807, 2.05) is 38.1 Å². The predicted octanol–water partition coefficient (Wildman–Crippen LogP) is 5.28. The topological polar surface area (TPSA) is 105 Å². The number of hydrogen-bond acceptors (Lipinski definition) is 4. The van der Waals surface area contributed by atoms with Crippen molar-refractivity contribution in [2.75, 3.05) is 11.9 Å². The molecule has 0 spiro atoms. The van der Waals surface area contributed by atoms with Gasteiger partial charge < -0.3 is 20.5 Å². The van der Waals surface area contributed by atoms with Gasteiger partial charge in [-0.2, -0.15) is 0 Å². The van der Waals surface area contributed by atoms with Crippen LogP contribution in [0.2, 0.25) is 0 Å². The van der Waals surface area contributed by atoms with Crippen LogP contribution in [0.25, 0.3) is 11.1 Å². The molecule has 1 aliphatic carbocycles. The Hall–Kier alpha value is -4.13. The van der Waals surface area contributed by atoms with Crippen LogP contribution < -0.4 is 10.6 Å². The van der Waals surface area contributed by atoms with Gasteiger partial charge in [-0.1, -0.05) is 62.4 Å². The van der Waals surface area contributed by atoms with E-state index in [1.165, 1.54) is 24.3 Å². The van der Waals surface area contributed by atoms with E-state index in [1.54, 1.807) is 0 Å². The zero-order valence-corrected chi connectivity index (χ0v) is 19.7. The van der Waals surface area contributed by atoms with Gasteiger partial charge in [0.2, 0.25) is 5.91 Å². The normalized spacial score (nSPS) is 13.0. The predicted molar refractivity (Wildman–Crippen MR) is 133 cm³/mol. The van der Waals surface area contributed by atoms with E-state index in [4.69, 9.17) is 9.84 Å². The maximum atomic E-state index is 12.7. The van der Waals surface area contributed by atoms with Crippen LogP contribution in [0.15, 0.2) is 72.8 Å². The third-order valence-electron chi connectivity index (χ3n) is 6.27. The molecule has 3 N–H and O–H groups in total. The number of alkyl carbamates (subject to hydrolysis) is 1. The van der Waals surface area contributed by atoms with Crippen LogP contribution in [-0.2, 0) is 9.53 Å². The van der Waals surface area contributed by atoms with E-state index in [-0.39, 0.29) is 36.3 Å². The van der Waals surface area contributed by atoms with Crippen LogP contribution in [-0.4, -0.2) is 35.7 Å². The number of anilines is 1. The Bertz CT molecular complexity index is 1190. The molecule has 0 aliphatic heterocycles. The molecule has 0 fully saturated rings. The molecule has 35 heavy (non-hydrogen) atoms. The Labute approximate surface area is 204 Å². The smallest absolute Gasteiger partial charge is 0.407 e. The number of carbonyl (C=O) groups excluding carboxylic acids is 2. The van der Waals surface area contributed by atoms with E-state index in [0.717, 1.165) is 22.3 Å². The van der Waals surface area contributed by atoms with Crippen LogP contribution >= 0.6 is 0 Å². The maximum Gasteiger partial charge on any atom is 0.407 e. The maximum absolute atomic E-state index is 12.7. The molecular weight excluding hydrogens is 444 g/mol. The summed E-state index contributed by atoms with van der Waals surface area (Å²) in [5, 5.41) is 14.6. The Morgan fingerprint density at radius 3 is 2.00 bits per heavy atom. The Morgan fingerprint density at radius 2 is 1.46 bits per heavy atom. The summed E-state index contributed by atoms with van der Waals surface area (Å²) >= 11 is 0. The number of benzene rings is 3. The molecule has 4 rings (SSSR count). The van der Waals surface area contributed by atoms with Crippen molar-refractivity contribution in [2.24, 2.45) is 5.92 Å². The largest absolute Gasteiger partial charge is 0.478 e. The number of hydrogen-bond donors (Lipinski definition) is 3. The van der Waals surface area contributed by atoms with Gasteiger partial charge in [0, 0.05) is 24.1 Å². The minimum absolute atomic E-state index is 0.00406. The number of fused-ring (bicyclic) bond motifs is 3. The molecule has 7 heteroatoms. The first kappa shape index (κ1) is 24.0. The lowest BCUT2D eigenvalue weighted by Gasteiger charge is -2.22. The Balaban J connectivity index is 1.34. The summed E-state index contributed by atoms with van der Waals surface area (Å²) < 4.78 is 5.62. The van der Waals surface area contributed by atoms with Gasteiger partial charge in [-0.25, -0.2) is 9.59 Å². The van der Waals surface area contributed by atoms with Gasteiger partial charge in [-0.05, 0) is 52.4 Å². The number of carbonyl (C=O) groups is 3. The van der Waals surface area contributed by atoms with Crippen molar-refractivity contribution in [3.8, 4) is 11.1 Å². The number of ether oxygens (including phenoxy) is 1. The molecule has 0 saturated carbocycles. The van der Waals surface area contributed by atoms with Crippen molar-refractivity contribution in [2.45, 2.75) is 32.2 Å². The molecule has 0 aromatic heterocycles. The van der Waals surface area contributed by atoms with Crippen molar-refractivity contribution in [3.05, 3.63) is 89.5 Å². The lowest BCUT2D eigenvalue weighted by atomic mass is 9.98. The molecule has 0 unspecified atom stereocenters. The minimum Gasteiger partial charge on any atom is -0.478 e. The third-order valence-corrected chi connectivity index (χ3v) is 6.27. The van der Waals surface area contributed by atoms with Gasteiger partial charge >= 0.3 is 12.1 Å². The van der Waals surface area contributed by atoms with Crippen molar-refractivity contribution >= 4 is 23.7 Å². The molecule has 7 nitrogen and oxygen atoms in total. The molecule has 1 atom stereocenters. The summed E-state index contributed by atoms with van der Waals surface area (Å²) in [4.78, 5) is 36.2. The van der Waals surface area contributed by atoms with E-state index in [2.05, 4.69) is 34.9 Å². The first-order valence-electron chi connectivity index (χ1n) is 11.6. The zero-order chi connectivity index (χ0) is 24.9. The van der Waals surface area contributed by atoms with Crippen LogP contribution in [0.1, 0.15) is 47.7 Å². The lowest BCUT2D eigenvalue weighted by molar-refractivity contribution is -0.116. The molecular formula is C28H28N2O5. The summed E-state index contributed by atoms with van der Waals surface area (Å²) in [6, 6.07) is 21.7. The minimum atomic E-state index is -1.03. The first-order valence-corrected chi connectivity index (χ1v) is 11.6. The second kappa shape index (κ2) is 10.4. The molecule has 3 aromatic rings. The van der Waals surface area contributed by atoms with Gasteiger partial charge in [-0.3, -0.25) is 4.79 Å². The molecule has 0 radical (unpaired) electrons. The Morgan fingerprint density at radius 1 is 0.886 bits per heavy atom. The van der Waals surface area contributed by atoms with E-state index < -0.39 is 18.1 Å². The highest BCUT2D eigenvalue weighted by atomic mass is 16.5. The van der Waals surface area contributed by atoms with Crippen molar-refractivity contribution < 1.29 is 24.2 Å². The van der Waals surface area contributed by atoms with Gasteiger partial charge in [0.1, 0.15) is 6.61 Å². The summed E-state index contributed by atoms with van der Waals surface area (Å²) in [5.41, 5.74) is 5.21. The van der Waals surface area contributed by atoms with Crippen LogP contribution in [0.4, 0.5) is 10.5 Å². The SMILES string of the molecule is CC(C)[C@@H](CC(=O)Nc1ccc(C(=O)O)cc1)NC(=O)OCC1c2ccccc2-c2ccccc21. The lowest BCUT2D eigenvalue weighted by Crippen LogP contribution is -2.41. The highest BCUT2D eigenvalue weighted by molar-refractivity contribution is 5.93. The van der Waals surface area contributed by atoms with E-state index in [0.29, 0.717) is 5.69 Å². The fourth-order valence-corrected chi connectivity index (χ4v) is 4.35. The number of aromatic carboxylic acids is 1. The summed E-state index contributed by atoms with van der Waals surface area (Å²) in [6.45, 7) is 4.04. The molecule has 0 saturated heterocycles. The number of amides is 2. The van der Waals surface area contributed by atoms with Crippen molar-refractivity contribution in [3.63, 3.8) is 0 Å². The van der Waals surface area contributed by atoms with Gasteiger partial charge in [-0.15, -0.1) is 0 Å². The quantitative estimate of drug-likeness (QED) is 0.414. The molecule has 1 aliphatic rings. The van der Waals surface area contributed by atoms with Crippen LogP contribution in [0.3, 0.4) is 0 Å². The fraction of sp³-hybridized carbons (Fsp3) is 0.250. The number of carboxylic acid groups (broad SMARTS) is 1. The summed E-state index contributed by atoms with van der Waals surface area (Å²) in [7, 11) is 0. The fourth-order valence-electron chi connectivity index (χ4n) is 4.35. The average Bonchev–Trinajstić information content (AvgIpc) is 3.16. The van der Waals surface area contributed by atoms with Crippen LogP contribution in [0, 0.1) is 5.92 Å². The van der Waals surface area contributed by atoms with Crippen molar-refractivity contribution in [1.82, 2.24) is 5.32 Å². The number of carboxylic acids is 1. The average molecular weight is 473 g/mol. The molecule has 0 heterocycles. The first-order chi connectivity index (χ1) is 16.8. The highest BCUT2D eigenvalue weighted by Crippen LogP contribution is 2.44. The van der Waals surface area contributed by atoms with Gasteiger partial charge in [0.25, 0.3) is 0 Å². The Kier molecular flexibility index (Phi) is 7.15. The second-order valence-electron chi connectivity index (χ2n) is 8.96. The van der Waals surface area contributed by atoms with Gasteiger partial charge in [0.15, 0.2) is 0 Å². The van der Waals surface area contributed by atoms with E-state index in [9.17, 15) is 14.4 Å². The number of nitrogens with one attached hydrogen (secondary N) is 2. The monoisotopic (exact) mass is 472 g/mol.